The summed E-state index contributed by atoms with van der Waals surface area (Å²) < 4.78 is 21.6. The number of piperazine rings is 1. The number of rotatable bonds is 11. The van der Waals surface area contributed by atoms with Crippen LogP contribution in [-0.4, -0.2) is 76.4 Å². The molecule has 1 N–H and O–H groups in total. The van der Waals surface area contributed by atoms with E-state index >= 15 is 0 Å². The number of ether oxygens (including phenoxy) is 4. The third-order valence-electron chi connectivity index (χ3n) is 5.74. The van der Waals surface area contributed by atoms with E-state index in [0.29, 0.717) is 36.9 Å². The van der Waals surface area contributed by atoms with Gasteiger partial charge in [0.25, 0.3) is 0 Å². The Morgan fingerprint density at radius 3 is 2.09 bits per heavy atom. The lowest BCUT2D eigenvalue weighted by Crippen LogP contribution is -2.49. The van der Waals surface area contributed by atoms with Crippen molar-refractivity contribution in [3.05, 3.63) is 47.5 Å². The molecule has 8 nitrogen and oxygen atoms in total. The van der Waals surface area contributed by atoms with Gasteiger partial charge >= 0.3 is 0 Å². The van der Waals surface area contributed by atoms with Crippen LogP contribution < -0.4 is 24.3 Å². The molecule has 0 spiro atoms. The van der Waals surface area contributed by atoms with Gasteiger partial charge in [-0.2, -0.15) is 0 Å². The highest BCUT2D eigenvalue weighted by atomic mass is 16.5. The molecule has 1 saturated heterocycles. The van der Waals surface area contributed by atoms with E-state index < -0.39 is 0 Å². The number of amides is 1. The van der Waals surface area contributed by atoms with Crippen molar-refractivity contribution in [2.24, 2.45) is 0 Å². The van der Waals surface area contributed by atoms with Crippen molar-refractivity contribution < 1.29 is 23.7 Å². The lowest BCUT2D eigenvalue weighted by Gasteiger charge is -2.34. The van der Waals surface area contributed by atoms with Crippen LogP contribution in [0.1, 0.15) is 18.1 Å². The maximum absolute atomic E-state index is 12.5. The molecule has 0 unspecified atom stereocenters. The van der Waals surface area contributed by atoms with E-state index in [2.05, 4.69) is 27.2 Å². The van der Waals surface area contributed by atoms with E-state index in [9.17, 15) is 4.79 Å². The molecule has 0 aliphatic carbocycles. The average Bonchev–Trinajstić information content (AvgIpc) is 2.84. The van der Waals surface area contributed by atoms with E-state index in [4.69, 9.17) is 18.9 Å². The fourth-order valence-corrected chi connectivity index (χ4v) is 3.90. The summed E-state index contributed by atoms with van der Waals surface area (Å²) in [6, 6.07) is 11.9. The van der Waals surface area contributed by atoms with Crippen LogP contribution in [0.3, 0.4) is 0 Å². The van der Waals surface area contributed by atoms with Gasteiger partial charge in [0.2, 0.25) is 5.91 Å². The number of carbonyl (C=O) groups is 1. The molecule has 0 bridgehead atoms. The molecule has 8 heteroatoms. The molecule has 3 rings (SSSR count). The summed E-state index contributed by atoms with van der Waals surface area (Å²) in [6.07, 6.45) is 0. The third-order valence-corrected chi connectivity index (χ3v) is 5.74. The second kappa shape index (κ2) is 12.3. The van der Waals surface area contributed by atoms with E-state index in [1.165, 1.54) is 5.56 Å². The summed E-state index contributed by atoms with van der Waals surface area (Å²) in [4.78, 5) is 17.2. The highest BCUT2D eigenvalue weighted by molar-refractivity contribution is 5.78. The fourth-order valence-electron chi connectivity index (χ4n) is 3.90. The Kier molecular flexibility index (Phi) is 9.21. The molecular weight excluding hydrogens is 422 g/mol. The quantitative estimate of drug-likeness (QED) is 0.556. The van der Waals surface area contributed by atoms with Crippen LogP contribution in [0, 0.1) is 0 Å². The minimum absolute atomic E-state index is 0.00759. The van der Waals surface area contributed by atoms with Crippen LogP contribution in [0.15, 0.2) is 36.4 Å². The normalized spacial score (nSPS) is 14.5. The van der Waals surface area contributed by atoms with Crippen LogP contribution in [0.4, 0.5) is 0 Å². The lowest BCUT2D eigenvalue weighted by atomic mass is 10.1. The number of nitrogens with zero attached hydrogens (tertiary/aromatic N) is 2. The minimum Gasteiger partial charge on any atom is -0.496 e. The summed E-state index contributed by atoms with van der Waals surface area (Å²) in [6.45, 7) is 7.91. The summed E-state index contributed by atoms with van der Waals surface area (Å²) in [5, 5.41) is 2.99. The maximum atomic E-state index is 12.5. The molecule has 1 aliphatic rings. The Balaban J connectivity index is 1.44. The van der Waals surface area contributed by atoms with Crippen molar-refractivity contribution in [3.8, 4) is 23.0 Å². The van der Waals surface area contributed by atoms with Crippen LogP contribution in [0.2, 0.25) is 0 Å². The van der Waals surface area contributed by atoms with E-state index in [1.54, 1.807) is 27.4 Å². The van der Waals surface area contributed by atoms with Crippen molar-refractivity contribution in [3.63, 3.8) is 0 Å². The molecule has 1 fully saturated rings. The van der Waals surface area contributed by atoms with Gasteiger partial charge in [-0.3, -0.25) is 14.6 Å². The molecule has 0 saturated carbocycles. The molecular formula is C25H35N3O5. The fraction of sp³-hybridized carbons (Fsp3) is 0.480. The minimum atomic E-state index is -0.00759. The van der Waals surface area contributed by atoms with Gasteiger partial charge in [-0.1, -0.05) is 12.1 Å². The highest BCUT2D eigenvalue weighted by Gasteiger charge is 2.19. The molecule has 0 atom stereocenters. The first-order valence-corrected chi connectivity index (χ1v) is 11.3. The first-order chi connectivity index (χ1) is 16.1. The predicted octanol–water partition coefficient (Wildman–Crippen LogP) is 2.55. The van der Waals surface area contributed by atoms with Crippen molar-refractivity contribution in [2.75, 3.05) is 60.7 Å². The van der Waals surface area contributed by atoms with Gasteiger partial charge in [0, 0.05) is 50.9 Å². The van der Waals surface area contributed by atoms with Gasteiger partial charge in [0.15, 0.2) is 11.5 Å². The van der Waals surface area contributed by atoms with Crippen molar-refractivity contribution in [1.29, 1.82) is 0 Å². The van der Waals surface area contributed by atoms with Gasteiger partial charge < -0.3 is 24.3 Å². The van der Waals surface area contributed by atoms with Gasteiger partial charge in [-0.05, 0) is 30.7 Å². The second-order valence-electron chi connectivity index (χ2n) is 7.93. The maximum Gasteiger partial charge on any atom is 0.234 e. The zero-order chi connectivity index (χ0) is 23.6. The molecule has 0 aromatic heterocycles. The molecule has 1 heterocycles. The van der Waals surface area contributed by atoms with Crippen LogP contribution in [-0.2, 0) is 17.9 Å². The van der Waals surface area contributed by atoms with Crippen LogP contribution in [0.25, 0.3) is 0 Å². The molecule has 1 amide bonds. The average molecular weight is 458 g/mol. The second-order valence-corrected chi connectivity index (χ2v) is 7.93. The first kappa shape index (κ1) is 24.7. The molecule has 0 radical (unpaired) electrons. The van der Waals surface area contributed by atoms with Gasteiger partial charge in [-0.25, -0.2) is 0 Å². The van der Waals surface area contributed by atoms with Crippen molar-refractivity contribution in [1.82, 2.24) is 15.1 Å². The summed E-state index contributed by atoms with van der Waals surface area (Å²) in [5.41, 5.74) is 2.11. The Bertz CT molecular complexity index is 896. The number of hydrogen-bond donors (Lipinski definition) is 1. The van der Waals surface area contributed by atoms with E-state index in [0.717, 1.165) is 44.0 Å². The standard InChI is InChI=1S/C25H35N3O5/c1-5-33-21-8-6-19(7-9-21)17-27-10-12-28(13-11-27)18-25(29)26-16-20-14-23(31-3)24(32-4)15-22(20)30-2/h6-9,14-15H,5,10-13,16-18H2,1-4H3,(H,26,29). The summed E-state index contributed by atoms with van der Waals surface area (Å²) in [5.74, 6) is 2.74. The van der Waals surface area contributed by atoms with Crippen molar-refractivity contribution in [2.45, 2.75) is 20.0 Å². The zero-order valence-electron chi connectivity index (χ0n) is 20.1. The number of carbonyl (C=O) groups excluding carboxylic acids is 1. The van der Waals surface area contributed by atoms with E-state index in [-0.39, 0.29) is 5.91 Å². The lowest BCUT2D eigenvalue weighted by molar-refractivity contribution is -0.122. The molecule has 2 aromatic carbocycles. The zero-order valence-corrected chi connectivity index (χ0v) is 20.1. The first-order valence-electron chi connectivity index (χ1n) is 11.3. The number of hydrogen-bond acceptors (Lipinski definition) is 7. The van der Waals surface area contributed by atoms with Gasteiger partial charge in [-0.15, -0.1) is 0 Å². The molecule has 1 aliphatic heterocycles. The summed E-state index contributed by atoms with van der Waals surface area (Å²) >= 11 is 0. The molecule has 180 valence electrons. The van der Waals surface area contributed by atoms with Crippen LogP contribution in [0.5, 0.6) is 23.0 Å². The van der Waals surface area contributed by atoms with E-state index in [1.807, 2.05) is 25.1 Å². The van der Waals surface area contributed by atoms with Crippen molar-refractivity contribution >= 4 is 5.91 Å². The predicted molar refractivity (Wildman–Crippen MR) is 127 cm³/mol. The number of nitrogens with one attached hydrogen (secondary N) is 1. The van der Waals surface area contributed by atoms with Gasteiger partial charge in [0.1, 0.15) is 11.5 Å². The molecule has 2 aromatic rings. The Morgan fingerprint density at radius 1 is 0.879 bits per heavy atom. The Morgan fingerprint density at radius 2 is 1.48 bits per heavy atom. The smallest absolute Gasteiger partial charge is 0.234 e. The number of benzene rings is 2. The van der Waals surface area contributed by atoms with Gasteiger partial charge in [0.05, 0.1) is 34.5 Å². The Labute approximate surface area is 196 Å². The topological polar surface area (TPSA) is 72.5 Å². The SMILES string of the molecule is CCOc1ccc(CN2CCN(CC(=O)NCc3cc(OC)c(OC)cc3OC)CC2)cc1. The third kappa shape index (κ3) is 7.00. The molecule has 33 heavy (non-hydrogen) atoms. The highest BCUT2D eigenvalue weighted by Crippen LogP contribution is 2.34. The summed E-state index contributed by atoms with van der Waals surface area (Å²) in [7, 11) is 4.76. The monoisotopic (exact) mass is 457 g/mol. The van der Waals surface area contributed by atoms with Crippen LogP contribution >= 0.6 is 0 Å². The Hall–Kier alpha value is -2.97. The largest absolute Gasteiger partial charge is 0.496 e. The number of methoxy groups -OCH3 is 3.